The second-order valence-electron chi connectivity index (χ2n) is 4.22. The summed E-state index contributed by atoms with van der Waals surface area (Å²) >= 11 is 0. The fourth-order valence-corrected chi connectivity index (χ4v) is 2.01. The smallest absolute Gasteiger partial charge is 0.281 e. The molecule has 19 heavy (non-hydrogen) atoms. The van der Waals surface area contributed by atoms with E-state index in [1.54, 1.807) is 28.4 Å². The van der Waals surface area contributed by atoms with Crippen molar-refractivity contribution < 1.29 is 0 Å². The second-order valence-corrected chi connectivity index (χ2v) is 4.22. The number of nitrogens with one attached hydrogen (secondary N) is 1. The van der Waals surface area contributed by atoms with Crippen molar-refractivity contribution >= 4 is 17.0 Å². The predicted molar refractivity (Wildman–Crippen MR) is 76.4 cm³/mol. The summed E-state index contributed by atoms with van der Waals surface area (Å²) in [6.45, 7) is 10.1. The summed E-state index contributed by atoms with van der Waals surface area (Å²) in [5, 5.41) is 7.31. The highest BCUT2D eigenvalue weighted by molar-refractivity contribution is 5.77. The summed E-state index contributed by atoms with van der Waals surface area (Å²) in [4.78, 5) is 17.0. The molecule has 0 unspecified atom stereocenters. The van der Waals surface area contributed by atoms with Crippen LogP contribution in [0.1, 0.15) is 5.69 Å². The fraction of sp³-hybridized carbons (Fsp3) is 0.308. The van der Waals surface area contributed by atoms with Gasteiger partial charge in [0, 0.05) is 20.1 Å². The first-order valence-corrected chi connectivity index (χ1v) is 6.00. The maximum absolute atomic E-state index is 12.5. The zero-order valence-corrected chi connectivity index (χ0v) is 11.2. The number of fused-ring (bicyclic) bond motifs is 1. The van der Waals surface area contributed by atoms with Gasteiger partial charge in [0.05, 0.1) is 5.69 Å². The lowest BCUT2D eigenvalue weighted by atomic mass is 10.3. The van der Waals surface area contributed by atoms with E-state index in [4.69, 9.17) is 0 Å². The van der Waals surface area contributed by atoms with Crippen molar-refractivity contribution in [1.29, 1.82) is 0 Å². The van der Waals surface area contributed by atoms with E-state index >= 15 is 0 Å². The summed E-state index contributed by atoms with van der Waals surface area (Å²) in [5.74, 6) is 0.508. The van der Waals surface area contributed by atoms with Crippen LogP contribution >= 0.6 is 0 Å². The van der Waals surface area contributed by atoms with Crippen molar-refractivity contribution in [3.63, 3.8) is 0 Å². The van der Waals surface area contributed by atoms with Gasteiger partial charge >= 0.3 is 0 Å². The highest BCUT2D eigenvalue weighted by Crippen LogP contribution is 2.14. The van der Waals surface area contributed by atoms with Crippen LogP contribution in [0.25, 0.3) is 11.0 Å². The van der Waals surface area contributed by atoms with Crippen LogP contribution in [-0.2, 0) is 13.6 Å². The van der Waals surface area contributed by atoms with E-state index in [1.807, 2.05) is 6.92 Å². The first-order chi connectivity index (χ1) is 9.10. The van der Waals surface area contributed by atoms with Crippen molar-refractivity contribution in [2.24, 2.45) is 7.05 Å². The predicted octanol–water partition coefficient (Wildman–Crippen LogP) is 1.22. The topological polar surface area (TPSA) is 64.7 Å². The summed E-state index contributed by atoms with van der Waals surface area (Å²) < 4.78 is 3.11. The fourth-order valence-electron chi connectivity index (χ4n) is 2.01. The molecular weight excluding hydrogens is 242 g/mol. The van der Waals surface area contributed by atoms with Crippen molar-refractivity contribution in [3.8, 4) is 0 Å². The number of nitrogens with zero attached hydrogens (tertiary/aromatic N) is 4. The molecule has 2 aromatic rings. The Kier molecular flexibility index (Phi) is 3.50. The molecule has 2 aromatic heterocycles. The van der Waals surface area contributed by atoms with Crippen LogP contribution < -0.4 is 10.9 Å². The van der Waals surface area contributed by atoms with E-state index in [0.717, 1.165) is 5.69 Å². The van der Waals surface area contributed by atoms with Crippen LogP contribution in [0.2, 0.25) is 0 Å². The summed E-state index contributed by atoms with van der Waals surface area (Å²) in [7, 11) is 1.74. The maximum Gasteiger partial charge on any atom is 0.281 e. The third kappa shape index (κ3) is 2.16. The molecule has 0 fully saturated rings. The number of hydrogen-bond donors (Lipinski definition) is 1. The van der Waals surface area contributed by atoms with Crippen LogP contribution in [0.5, 0.6) is 0 Å². The molecule has 0 radical (unpaired) electrons. The van der Waals surface area contributed by atoms with Crippen molar-refractivity contribution in [3.05, 3.63) is 41.4 Å². The monoisotopic (exact) mass is 259 g/mol. The molecule has 0 saturated carbocycles. The van der Waals surface area contributed by atoms with Crippen molar-refractivity contribution in [1.82, 2.24) is 19.3 Å². The highest BCUT2D eigenvalue weighted by atomic mass is 16.1. The Hall–Kier alpha value is -2.37. The molecule has 100 valence electrons. The van der Waals surface area contributed by atoms with E-state index < -0.39 is 0 Å². The zero-order valence-electron chi connectivity index (χ0n) is 11.2. The van der Waals surface area contributed by atoms with Gasteiger partial charge in [-0.25, -0.2) is 4.98 Å². The lowest BCUT2D eigenvalue weighted by Gasteiger charge is -2.11. The molecule has 0 aromatic carbocycles. The van der Waals surface area contributed by atoms with Gasteiger partial charge in [0.2, 0.25) is 5.95 Å². The SMILES string of the molecule is C=CCNc1nc2c(C)nn(C)c2c(=O)n1CC=C. The molecule has 0 atom stereocenters. The number of anilines is 1. The first kappa shape index (κ1) is 13.1. The Balaban J connectivity index is 2.75. The molecule has 0 saturated heterocycles. The summed E-state index contributed by atoms with van der Waals surface area (Å²) in [6, 6.07) is 0. The van der Waals surface area contributed by atoms with Gasteiger partial charge in [-0.1, -0.05) is 12.2 Å². The van der Waals surface area contributed by atoms with E-state index in [-0.39, 0.29) is 5.56 Å². The summed E-state index contributed by atoms with van der Waals surface area (Å²) in [5.41, 5.74) is 1.74. The van der Waals surface area contributed by atoms with Crippen LogP contribution in [0.4, 0.5) is 5.95 Å². The average molecular weight is 259 g/mol. The largest absolute Gasteiger partial charge is 0.352 e. The Morgan fingerprint density at radius 3 is 2.74 bits per heavy atom. The first-order valence-electron chi connectivity index (χ1n) is 6.00. The lowest BCUT2D eigenvalue weighted by Crippen LogP contribution is -2.26. The van der Waals surface area contributed by atoms with Gasteiger partial charge in [-0.15, -0.1) is 13.2 Å². The van der Waals surface area contributed by atoms with Gasteiger partial charge < -0.3 is 5.32 Å². The number of hydrogen-bond acceptors (Lipinski definition) is 4. The van der Waals surface area contributed by atoms with Gasteiger partial charge in [-0.3, -0.25) is 14.0 Å². The minimum absolute atomic E-state index is 0.125. The Bertz CT molecular complexity index is 695. The molecule has 6 nitrogen and oxygen atoms in total. The number of allylic oxidation sites excluding steroid dienone is 1. The molecular formula is C13H17N5O. The van der Waals surface area contributed by atoms with Gasteiger partial charge in [0.1, 0.15) is 5.52 Å². The Morgan fingerprint density at radius 1 is 1.37 bits per heavy atom. The van der Waals surface area contributed by atoms with E-state index in [2.05, 4.69) is 28.6 Å². The molecule has 0 bridgehead atoms. The van der Waals surface area contributed by atoms with Crippen LogP contribution in [-0.4, -0.2) is 25.9 Å². The molecule has 0 aliphatic heterocycles. The highest BCUT2D eigenvalue weighted by Gasteiger charge is 2.15. The maximum atomic E-state index is 12.5. The molecule has 0 spiro atoms. The van der Waals surface area contributed by atoms with Crippen molar-refractivity contribution in [2.75, 3.05) is 11.9 Å². The van der Waals surface area contributed by atoms with E-state index in [0.29, 0.717) is 30.1 Å². The van der Waals surface area contributed by atoms with E-state index in [1.165, 1.54) is 0 Å². The average Bonchev–Trinajstić information content (AvgIpc) is 2.66. The third-order valence-corrected chi connectivity index (χ3v) is 2.83. The lowest BCUT2D eigenvalue weighted by molar-refractivity contribution is 0.744. The second kappa shape index (κ2) is 5.09. The van der Waals surface area contributed by atoms with Crippen LogP contribution in [0.15, 0.2) is 30.1 Å². The van der Waals surface area contributed by atoms with Gasteiger partial charge in [0.15, 0.2) is 5.52 Å². The van der Waals surface area contributed by atoms with Gasteiger partial charge in [-0.05, 0) is 6.92 Å². The third-order valence-electron chi connectivity index (χ3n) is 2.83. The molecule has 2 heterocycles. The number of aryl methyl sites for hydroxylation is 2. The minimum atomic E-state index is -0.125. The van der Waals surface area contributed by atoms with Crippen LogP contribution in [0, 0.1) is 6.92 Å². The van der Waals surface area contributed by atoms with Gasteiger partial charge in [-0.2, -0.15) is 5.10 Å². The Labute approximate surface area is 111 Å². The molecule has 0 aliphatic carbocycles. The van der Waals surface area contributed by atoms with E-state index in [9.17, 15) is 4.79 Å². The van der Waals surface area contributed by atoms with Crippen molar-refractivity contribution in [2.45, 2.75) is 13.5 Å². The quantitative estimate of drug-likeness (QED) is 0.820. The normalized spacial score (nSPS) is 10.6. The molecule has 2 rings (SSSR count). The summed E-state index contributed by atoms with van der Waals surface area (Å²) in [6.07, 6.45) is 3.38. The minimum Gasteiger partial charge on any atom is -0.352 e. The molecule has 1 N–H and O–H groups in total. The zero-order chi connectivity index (χ0) is 14.0. The van der Waals surface area contributed by atoms with Gasteiger partial charge in [0.25, 0.3) is 5.56 Å². The number of rotatable bonds is 5. The standard InChI is InChI=1S/C13H17N5O/c1-5-7-14-13-15-10-9(3)16-17(4)11(10)12(19)18(13)8-6-2/h5-6H,1-2,7-8H2,3-4H3,(H,14,15). The Morgan fingerprint density at radius 2 is 2.11 bits per heavy atom. The number of aromatic nitrogens is 4. The van der Waals surface area contributed by atoms with Crippen LogP contribution in [0.3, 0.4) is 0 Å². The molecule has 0 aliphatic rings. The molecule has 0 amide bonds. The molecule has 6 heteroatoms.